The Labute approximate surface area is 87.5 Å². The number of hydrogen-bond acceptors (Lipinski definition) is 2. The Morgan fingerprint density at radius 1 is 1.07 bits per heavy atom. The zero-order chi connectivity index (χ0) is 10.7. The average molecular weight is 196 g/mol. The van der Waals surface area contributed by atoms with E-state index in [1.54, 1.807) is 36.4 Å². The van der Waals surface area contributed by atoms with E-state index in [0.717, 1.165) is 0 Å². The molecule has 0 amide bonds. The van der Waals surface area contributed by atoms with E-state index in [1.165, 1.54) is 6.07 Å². The zero-order valence-electron chi connectivity index (χ0n) is 7.90. The molecule has 0 aromatic heterocycles. The molecule has 2 nitrogen and oxygen atoms in total. The Morgan fingerprint density at radius 3 is 2.60 bits per heavy atom. The van der Waals surface area contributed by atoms with Gasteiger partial charge in [-0.2, -0.15) is 0 Å². The van der Waals surface area contributed by atoms with Crippen LogP contribution in [-0.2, 0) is 0 Å². The summed E-state index contributed by atoms with van der Waals surface area (Å²) in [6.45, 7) is 0. The summed E-state index contributed by atoms with van der Waals surface area (Å²) >= 11 is 0. The van der Waals surface area contributed by atoms with E-state index in [1.807, 2.05) is 0 Å². The van der Waals surface area contributed by atoms with Crippen molar-refractivity contribution in [1.82, 2.24) is 0 Å². The van der Waals surface area contributed by atoms with Gasteiger partial charge in [0.2, 0.25) is 5.43 Å². The second kappa shape index (κ2) is 3.85. The van der Waals surface area contributed by atoms with Gasteiger partial charge in [0.05, 0.1) is 0 Å². The first-order valence-electron chi connectivity index (χ1n) is 4.50. The fraction of sp³-hybridized carbons (Fsp3) is 0. The lowest BCUT2D eigenvalue weighted by atomic mass is 10.1. The van der Waals surface area contributed by atoms with Crippen LogP contribution in [0.4, 0.5) is 0 Å². The van der Waals surface area contributed by atoms with Gasteiger partial charge in [0, 0.05) is 11.1 Å². The molecule has 0 aliphatic rings. The molecule has 0 saturated heterocycles. The molecule has 0 aliphatic heterocycles. The molecule has 0 aliphatic carbocycles. The van der Waals surface area contributed by atoms with Crippen LogP contribution in [0.15, 0.2) is 47.3 Å². The predicted octanol–water partition coefficient (Wildman–Crippen LogP) is 2.02. The third-order valence-corrected chi connectivity index (χ3v) is 2.05. The summed E-state index contributed by atoms with van der Waals surface area (Å²) in [4.78, 5) is 11.3. The fourth-order valence-electron chi connectivity index (χ4n) is 1.31. The summed E-state index contributed by atoms with van der Waals surface area (Å²) < 4.78 is 0. The lowest BCUT2D eigenvalue weighted by Gasteiger charge is -1.96. The van der Waals surface area contributed by atoms with Crippen LogP contribution in [-0.4, -0.2) is 5.11 Å². The lowest BCUT2D eigenvalue weighted by Crippen LogP contribution is -1.94. The molecule has 0 atom stereocenters. The van der Waals surface area contributed by atoms with E-state index in [4.69, 9.17) is 0 Å². The smallest absolute Gasteiger partial charge is 0.220 e. The van der Waals surface area contributed by atoms with Gasteiger partial charge in [-0.3, -0.25) is 4.79 Å². The maximum absolute atomic E-state index is 11.3. The van der Waals surface area contributed by atoms with E-state index in [0.29, 0.717) is 11.1 Å². The normalized spacial score (nSPS) is 9.33. The van der Waals surface area contributed by atoms with Crippen molar-refractivity contribution in [1.29, 1.82) is 0 Å². The third-order valence-electron chi connectivity index (χ3n) is 2.05. The minimum atomic E-state index is -0.396. The summed E-state index contributed by atoms with van der Waals surface area (Å²) in [5.41, 5.74) is 0.734. The summed E-state index contributed by atoms with van der Waals surface area (Å²) in [5, 5.41) is 9.66. The standard InChI is InChI=1S/C13H8O2/c14-12-9-5-4-8-11(13(12)15)10-6-2-1-3-7-10/h1-2,4-6,8-9H,(H,14,15). The highest BCUT2D eigenvalue weighted by Crippen LogP contribution is 2.22. The highest BCUT2D eigenvalue weighted by molar-refractivity contribution is 5.67. The van der Waals surface area contributed by atoms with Crippen molar-refractivity contribution in [3.05, 3.63) is 64.8 Å². The molecular formula is C13H8O2. The largest absolute Gasteiger partial charge is 0.504 e. The minimum Gasteiger partial charge on any atom is -0.504 e. The topological polar surface area (TPSA) is 37.3 Å². The van der Waals surface area contributed by atoms with E-state index >= 15 is 0 Å². The second-order valence-electron chi connectivity index (χ2n) is 3.05. The second-order valence-corrected chi connectivity index (χ2v) is 3.05. The van der Waals surface area contributed by atoms with Crippen LogP contribution in [0, 0.1) is 12.1 Å². The van der Waals surface area contributed by atoms with Gasteiger partial charge in [0.1, 0.15) is 0 Å². The summed E-state index contributed by atoms with van der Waals surface area (Å²) in [5.74, 6) is -0.254. The highest BCUT2D eigenvalue weighted by Gasteiger charge is 2.04. The first kappa shape index (κ1) is 9.29. The molecule has 0 saturated carbocycles. The van der Waals surface area contributed by atoms with E-state index in [2.05, 4.69) is 12.1 Å². The van der Waals surface area contributed by atoms with Gasteiger partial charge in [0.15, 0.2) is 5.75 Å². The molecule has 1 N–H and O–H groups in total. The third kappa shape index (κ3) is 1.82. The van der Waals surface area contributed by atoms with Crippen LogP contribution < -0.4 is 5.43 Å². The van der Waals surface area contributed by atoms with Gasteiger partial charge >= 0.3 is 0 Å². The maximum atomic E-state index is 11.3. The SMILES string of the molecule is O=c1ccccc(-c2c#cccc2)c1O. The Balaban J connectivity index is 2.71. The molecule has 15 heavy (non-hydrogen) atoms. The maximum Gasteiger partial charge on any atom is 0.220 e. The van der Waals surface area contributed by atoms with Crippen LogP contribution in [0.25, 0.3) is 11.1 Å². The average Bonchev–Trinajstić information content (AvgIpc) is 2.44. The molecule has 0 heterocycles. The molecule has 2 rings (SSSR count). The Morgan fingerprint density at radius 2 is 1.87 bits per heavy atom. The van der Waals surface area contributed by atoms with Crippen molar-refractivity contribution in [3.63, 3.8) is 0 Å². The number of rotatable bonds is 1. The van der Waals surface area contributed by atoms with Gasteiger partial charge in [-0.25, -0.2) is 0 Å². The Hall–Kier alpha value is -2.27. The molecule has 2 aromatic rings. The van der Waals surface area contributed by atoms with Gasteiger partial charge in [0.25, 0.3) is 0 Å². The Kier molecular flexibility index (Phi) is 2.38. The molecule has 0 spiro atoms. The first-order chi connectivity index (χ1) is 7.29. The highest BCUT2D eigenvalue weighted by atomic mass is 16.3. The van der Waals surface area contributed by atoms with Crippen molar-refractivity contribution in [3.8, 4) is 16.9 Å². The van der Waals surface area contributed by atoms with Crippen molar-refractivity contribution in [2.24, 2.45) is 0 Å². The van der Waals surface area contributed by atoms with Crippen LogP contribution in [0.5, 0.6) is 5.75 Å². The van der Waals surface area contributed by atoms with Crippen molar-refractivity contribution < 1.29 is 5.11 Å². The molecule has 72 valence electrons. The van der Waals surface area contributed by atoms with Crippen molar-refractivity contribution in [2.45, 2.75) is 0 Å². The minimum absolute atomic E-state index is 0.254. The van der Waals surface area contributed by atoms with Gasteiger partial charge in [-0.05, 0) is 24.3 Å². The van der Waals surface area contributed by atoms with E-state index in [9.17, 15) is 9.90 Å². The van der Waals surface area contributed by atoms with Gasteiger partial charge in [-0.15, -0.1) is 0 Å². The summed E-state index contributed by atoms with van der Waals surface area (Å²) in [6, 6.07) is 17.2. The summed E-state index contributed by atoms with van der Waals surface area (Å²) in [7, 11) is 0. The molecule has 2 heteroatoms. The van der Waals surface area contributed by atoms with E-state index in [-0.39, 0.29) is 5.75 Å². The Bertz CT molecular complexity index is 518. The first-order valence-corrected chi connectivity index (χ1v) is 4.50. The number of hydrogen-bond donors (Lipinski definition) is 1. The molecular weight excluding hydrogens is 188 g/mol. The fourth-order valence-corrected chi connectivity index (χ4v) is 1.31. The zero-order valence-corrected chi connectivity index (χ0v) is 7.90. The van der Waals surface area contributed by atoms with E-state index < -0.39 is 5.43 Å². The molecule has 0 radical (unpaired) electrons. The molecule has 0 bridgehead atoms. The van der Waals surface area contributed by atoms with Gasteiger partial charge < -0.3 is 5.11 Å². The quantitative estimate of drug-likeness (QED) is 0.757. The van der Waals surface area contributed by atoms with Crippen LogP contribution in [0.3, 0.4) is 0 Å². The van der Waals surface area contributed by atoms with Crippen molar-refractivity contribution in [2.75, 3.05) is 0 Å². The molecule has 0 fully saturated rings. The molecule has 0 unspecified atom stereocenters. The monoisotopic (exact) mass is 196 g/mol. The number of aromatic hydroxyl groups is 1. The van der Waals surface area contributed by atoms with Crippen LogP contribution >= 0.6 is 0 Å². The molecule has 2 aromatic carbocycles. The summed E-state index contributed by atoms with van der Waals surface area (Å²) in [6.07, 6.45) is 0. The van der Waals surface area contributed by atoms with Crippen molar-refractivity contribution >= 4 is 0 Å². The van der Waals surface area contributed by atoms with Crippen LogP contribution in [0.2, 0.25) is 0 Å². The predicted molar refractivity (Wildman–Crippen MR) is 57.5 cm³/mol. The van der Waals surface area contributed by atoms with Gasteiger partial charge in [-0.1, -0.05) is 30.3 Å². The lowest BCUT2D eigenvalue weighted by molar-refractivity contribution is 0.473. The van der Waals surface area contributed by atoms with Crippen LogP contribution in [0.1, 0.15) is 0 Å².